The van der Waals surface area contributed by atoms with Crippen molar-refractivity contribution in [3.8, 4) is 0 Å². The van der Waals surface area contributed by atoms with E-state index in [1.54, 1.807) is 0 Å². The van der Waals surface area contributed by atoms with Crippen molar-refractivity contribution in [1.29, 1.82) is 0 Å². The molecule has 0 amide bonds. The molecule has 1 heterocycles. The molecule has 2 N–H and O–H groups in total. The summed E-state index contributed by atoms with van der Waals surface area (Å²) in [5, 5.41) is 0. The molecule has 94 valence electrons. The lowest BCUT2D eigenvalue weighted by molar-refractivity contribution is 0.412. The first kappa shape index (κ1) is 12.3. The van der Waals surface area contributed by atoms with E-state index < -0.39 is 10.0 Å². The zero-order valence-corrected chi connectivity index (χ0v) is 10.7. The van der Waals surface area contributed by atoms with Crippen LogP contribution in [0.5, 0.6) is 0 Å². The number of hydrogen-bond acceptors (Lipinski definition) is 4. The van der Waals surface area contributed by atoms with Crippen molar-refractivity contribution in [2.75, 3.05) is 18.8 Å². The van der Waals surface area contributed by atoms with Gasteiger partial charge in [0.25, 0.3) is 0 Å². The van der Waals surface area contributed by atoms with Gasteiger partial charge in [0, 0.05) is 19.3 Å². The molecule has 0 spiro atoms. The van der Waals surface area contributed by atoms with E-state index in [1.807, 2.05) is 6.92 Å². The monoisotopic (exact) mass is 255 g/mol. The van der Waals surface area contributed by atoms with Crippen molar-refractivity contribution >= 4 is 15.8 Å². The fraction of sp³-hybridized carbons (Fsp3) is 0.545. The Kier molecular flexibility index (Phi) is 3.35. The van der Waals surface area contributed by atoms with Crippen LogP contribution < -0.4 is 5.73 Å². The van der Waals surface area contributed by atoms with Crippen LogP contribution in [-0.2, 0) is 10.0 Å². The maximum atomic E-state index is 12.3. The molecule has 0 aromatic carbocycles. The quantitative estimate of drug-likeness (QED) is 0.854. The Morgan fingerprint density at radius 3 is 2.65 bits per heavy atom. The maximum absolute atomic E-state index is 12.3. The molecule has 1 aromatic rings. The molecule has 17 heavy (non-hydrogen) atoms. The van der Waals surface area contributed by atoms with Crippen LogP contribution >= 0.6 is 0 Å². The van der Waals surface area contributed by atoms with E-state index in [0.717, 1.165) is 12.8 Å². The lowest BCUT2D eigenvalue weighted by Gasteiger charge is -2.20. The topological polar surface area (TPSA) is 76.3 Å². The highest BCUT2D eigenvalue weighted by Gasteiger charge is 2.30. The largest absolute Gasteiger partial charge is 0.384 e. The normalized spacial score (nSPS) is 16.4. The van der Waals surface area contributed by atoms with E-state index in [9.17, 15) is 8.42 Å². The summed E-state index contributed by atoms with van der Waals surface area (Å²) in [5.41, 5.74) is 5.45. The lowest BCUT2D eigenvalue weighted by atomic mass is 10.4. The predicted octanol–water partition coefficient (Wildman–Crippen LogP) is 1.08. The Hall–Kier alpha value is -1.14. The fourth-order valence-electron chi connectivity index (χ4n) is 1.68. The number of nitrogens with two attached hydrogens (primary N) is 1. The molecule has 0 unspecified atom stereocenters. The van der Waals surface area contributed by atoms with Crippen molar-refractivity contribution in [3.05, 3.63) is 18.3 Å². The summed E-state index contributed by atoms with van der Waals surface area (Å²) in [6, 6.07) is 3.02. The summed E-state index contributed by atoms with van der Waals surface area (Å²) in [6.45, 7) is 2.96. The van der Waals surface area contributed by atoms with Gasteiger partial charge in [-0.1, -0.05) is 6.92 Å². The Morgan fingerprint density at radius 1 is 1.47 bits per heavy atom. The van der Waals surface area contributed by atoms with Crippen LogP contribution in [0.25, 0.3) is 0 Å². The second-order valence-electron chi connectivity index (χ2n) is 4.32. The second kappa shape index (κ2) is 4.62. The van der Waals surface area contributed by atoms with E-state index in [4.69, 9.17) is 5.73 Å². The molecule has 2 rings (SSSR count). The standard InChI is InChI=1S/C11H17N3O2S/c1-2-14(8-9-3-4-9)17(15,16)10-5-6-11(12)13-7-10/h5-7,9H,2-4,8H2,1H3,(H2,12,13). The molecule has 1 saturated carbocycles. The molecule has 1 aliphatic carbocycles. The Bertz CT molecular complexity index is 480. The summed E-state index contributed by atoms with van der Waals surface area (Å²) in [5.74, 6) is 0.862. The first-order valence-corrected chi connectivity index (χ1v) is 7.19. The SMILES string of the molecule is CCN(CC1CC1)S(=O)(=O)c1ccc(N)nc1. The van der Waals surface area contributed by atoms with E-state index in [0.29, 0.717) is 24.8 Å². The molecule has 0 bridgehead atoms. The number of nitrogens with zero attached hydrogens (tertiary/aromatic N) is 2. The van der Waals surface area contributed by atoms with Crippen LogP contribution in [0.1, 0.15) is 19.8 Å². The molecular weight excluding hydrogens is 238 g/mol. The number of sulfonamides is 1. The number of pyridine rings is 1. The molecular formula is C11H17N3O2S. The molecule has 5 nitrogen and oxygen atoms in total. The second-order valence-corrected chi connectivity index (χ2v) is 6.26. The van der Waals surface area contributed by atoms with Crippen molar-refractivity contribution in [2.45, 2.75) is 24.7 Å². The predicted molar refractivity (Wildman–Crippen MR) is 65.8 cm³/mol. The van der Waals surface area contributed by atoms with Gasteiger partial charge in [0.05, 0.1) is 0 Å². The van der Waals surface area contributed by atoms with Crippen molar-refractivity contribution in [1.82, 2.24) is 9.29 Å². The average Bonchev–Trinajstić information content (AvgIpc) is 3.10. The lowest BCUT2D eigenvalue weighted by Crippen LogP contribution is -2.32. The van der Waals surface area contributed by atoms with Gasteiger partial charge >= 0.3 is 0 Å². The van der Waals surface area contributed by atoms with Crippen LogP contribution in [0, 0.1) is 5.92 Å². The molecule has 0 radical (unpaired) electrons. The van der Waals surface area contributed by atoms with Crippen molar-refractivity contribution in [3.63, 3.8) is 0 Å². The smallest absolute Gasteiger partial charge is 0.244 e. The number of hydrogen-bond donors (Lipinski definition) is 1. The first-order chi connectivity index (χ1) is 8.04. The van der Waals surface area contributed by atoms with Crippen LogP contribution in [0.3, 0.4) is 0 Å². The zero-order valence-electron chi connectivity index (χ0n) is 9.83. The third kappa shape index (κ3) is 2.76. The van der Waals surface area contributed by atoms with Gasteiger partial charge in [-0.3, -0.25) is 0 Å². The maximum Gasteiger partial charge on any atom is 0.244 e. The molecule has 1 fully saturated rings. The van der Waals surface area contributed by atoms with Crippen LogP contribution in [0.2, 0.25) is 0 Å². The van der Waals surface area contributed by atoms with Crippen LogP contribution in [0.15, 0.2) is 23.2 Å². The van der Waals surface area contributed by atoms with Gasteiger partial charge in [-0.2, -0.15) is 4.31 Å². The molecule has 1 aliphatic rings. The van der Waals surface area contributed by atoms with Crippen molar-refractivity contribution in [2.24, 2.45) is 5.92 Å². The summed E-state index contributed by atoms with van der Waals surface area (Å²) in [6.07, 6.45) is 3.58. The third-order valence-corrected chi connectivity index (χ3v) is 4.83. The van der Waals surface area contributed by atoms with Gasteiger partial charge in [0.15, 0.2) is 0 Å². The average molecular weight is 255 g/mol. The van der Waals surface area contributed by atoms with E-state index >= 15 is 0 Å². The Morgan fingerprint density at radius 2 is 2.18 bits per heavy atom. The van der Waals surface area contributed by atoms with Gasteiger partial charge < -0.3 is 5.73 Å². The first-order valence-electron chi connectivity index (χ1n) is 5.75. The number of aromatic nitrogens is 1. The van der Waals surface area contributed by atoms with Crippen molar-refractivity contribution < 1.29 is 8.42 Å². The van der Waals surface area contributed by atoms with E-state index in [-0.39, 0.29) is 4.90 Å². The minimum atomic E-state index is -3.41. The highest BCUT2D eigenvalue weighted by atomic mass is 32.2. The summed E-state index contributed by atoms with van der Waals surface area (Å²) in [7, 11) is -3.41. The third-order valence-electron chi connectivity index (χ3n) is 2.91. The summed E-state index contributed by atoms with van der Waals surface area (Å²) >= 11 is 0. The van der Waals surface area contributed by atoms with Gasteiger partial charge in [-0.05, 0) is 30.9 Å². The number of nitrogen functional groups attached to an aromatic ring is 1. The minimum absolute atomic E-state index is 0.217. The molecule has 1 aromatic heterocycles. The van der Waals surface area contributed by atoms with E-state index in [1.165, 1.54) is 22.6 Å². The molecule has 0 aliphatic heterocycles. The Balaban J connectivity index is 2.23. The number of rotatable bonds is 5. The fourth-order valence-corrected chi connectivity index (χ4v) is 3.15. The highest BCUT2D eigenvalue weighted by molar-refractivity contribution is 7.89. The van der Waals surface area contributed by atoms with Gasteiger partial charge in [-0.25, -0.2) is 13.4 Å². The van der Waals surface area contributed by atoms with Gasteiger partial charge in [0.1, 0.15) is 10.7 Å². The van der Waals surface area contributed by atoms with Crippen LogP contribution in [-0.4, -0.2) is 30.8 Å². The van der Waals surface area contributed by atoms with Gasteiger partial charge in [0.2, 0.25) is 10.0 Å². The van der Waals surface area contributed by atoms with Gasteiger partial charge in [-0.15, -0.1) is 0 Å². The molecule has 6 heteroatoms. The highest BCUT2D eigenvalue weighted by Crippen LogP contribution is 2.31. The molecule has 0 atom stereocenters. The molecule has 0 saturated heterocycles. The Labute approximate surface area is 102 Å². The summed E-state index contributed by atoms with van der Waals surface area (Å²) < 4.78 is 26.1. The van der Waals surface area contributed by atoms with E-state index in [2.05, 4.69) is 4.98 Å². The minimum Gasteiger partial charge on any atom is -0.384 e. The summed E-state index contributed by atoms with van der Waals surface area (Å²) in [4.78, 5) is 4.05. The number of anilines is 1. The van der Waals surface area contributed by atoms with Crippen LogP contribution in [0.4, 0.5) is 5.82 Å². The zero-order chi connectivity index (χ0) is 12.5.